The van der Waals surface area contributed by atoms with Crippen LogP contribution in [-0.2, 0) is 0 Å². The van der Waals surface area contributed by atoms with Crippen LogP contribution in [-0.4, -0.2) is 41.2 Å². The third-order valence-corrected chi connectivity index (χ3v) is 4.76. The number of methoxy groups -OCH3 is 1. The average Bonchev–Trinajstić information content (AvgIpc) is 3.02. The van der Waals surface area contributed by atoms with Crippen LogP contribution < -0.4 is 4.74 Å². The third-order valence-electron chi connectivity index (χ3n) is 4.15. The van der Waals surface area contributed by atoms with Crippen LogP contribution in [0.3, 0.4) is 0 Å². The van der Waals surface area contributed by atoms with E-state index in [4.69, 9.17) is 32.4 Å². The summed E-state index contributed by atoms with van der Waals surface area (Å²) in [6.45, 7) is 2.93. The molecule has 128 valence electrons. The quantitative estimate of drug-likeness (QED) is 0.824. The van der Waals surface area contributed by atoms with Crippen LogP contribution in [0, 0.1) is 6.92 Å². The standard InChI is InChI=1S/C16H17Cl2N3O3/c1-9-19-20-15(24-9)10-5-7-21(8-6-10)16(22)13-11(17)3-4-12(18)14(13)23-2/h3-4,10H,5-8H2,1-2H3. The van der Waals surface area contributed by atoms with E-state index in [9.17, 15) is 4.79 Å². The summed E-state index contributed by atoms with van der Waals surface area (Å²) < 4.78 is 10.8. The van der Waals surface area contributed by atoms with Gasteiger partial charge in [0.05, 0.1) is 17.2 Å². The number of hydrogen-bond donors (Lipinski definition) is 0. The molecule has 24 heavy (non-hydrogen) atoms. The van der Waals surface area contributed by atoms with Crippen molar-refractivity contribution >= 4 is 29.1 Å². The van der Waals surface area contributed by atoms with Crippen LogP contribution in [0.25, 0.3) is 0 Å². The normalized spacial score (nSPS) is 15.6. The Morgan fingerprint density at radius 3 is 2.50 bits per heavy atom. The van der Waals surface area contributed by atoms with Gasteiger partial charge in [0.25, 0.3) is 5.91 Å². The first-order chi connectivity index (χ1) is 11.5. The monoisotopic (exact) mass is 369 g/mol. The summed E-state index contributed by atoms with van der Waals surface area (Å²) in [6.07, 6.45) is 1.52. The van der Waals surface area contributed by atoms with Crippen molar-refractivity contribution < 1.29 is 13.9 Å². The van der Waals surface area contributed by atoms with Crippen LogP contribution in [0.4, 0.5) is 0 Å². The molecule has 1 aromatic carbocycles. The second-order valence-corrected chi connectivity index (χ2v) is 6.48. The SMILES string of the molecule is COc1c(Cl)ccc(Cl)c1C(=O)N1CCC(c2nnc(C)o2)CC1. The number of piperidine rings is 1. The molecule has 0 bridgehead atoms. The molecule has 0 radical (unpaired) electrons. The van der Waals surface area contributed by atoms with E-state index >= 15 is 0 Å². The number of nitrogens with zero attached hydrogens (tertiary/aromatic N) is 3. The number of carbonyl (C=O) groups is 1. The van der Waals surface area contributed by atoms with Crippen molar-refractivity contribution in [3.05, 3.63) is 39.5 Å². The molecule has 0 atom stereocenters. The lowest BCUT2D eigenvalue weighted by molar-refractivity contribution is 0.0703. The Morgan fingerprint density at radius 1 is 1.25 bits per heavy atom. The zero-order chi connectivity index (χ0) is 17.3. The summed E-state index contributed by atoms with van der Waals surface area (Å²) in [4.78, 5) is 14.6. The smallest absolute Gasteiger partial charge is 0.259 e. The maximum atomic E-state index is 12.9. The maximum absolute atomic E-state index is 12.9. The van der Waals surface area contributed by atoms with Crippen LogP contribution >= 0.6 is 23.2 Å². The molecule has 0 spiro atoms. The zero-order valence-corrected chi connectivity index (χ0v) is 14.9. The molecule has 8 heteroatoms. The Kier molecular flexibility index (Phi) is 4.96. The number of halogens is 2. The molecule has 3 rings (SSSR count). The van der Waals surface area contributed by atoms with Gasteiger partial charge in [-0.15, -0.1) is 10.2 Å². The van der Waals surface area contributed by atoms with Crippen LogP contribution in [0.5, 0.6) is 5.75 Å². The number of hydrogen-bond acceptors (Lipinski definition) is 5. The number of amides is 1. The number of carbonyl (C=O) groups excluding carboxylic acids is 1. The Balaban J connectivity index is 1.75. The summed E-state index contributed by atoms with van der Waals surface area (Å²) >= 11 is 12.3. The van der Waals surface area contributed by atoms with Gasteiger partial charge in [-0.05, 0) is 25.0 Å². The fourth-order valence-electron chi connectivity index (χ4n) is 2.90. The summed E-state index contributed by atoms with van der Waals surface area (Å²) in [5.74, 6) is 1.49. The lowest BCUT2D eigenvalue weighted by Crippen LogP contribution is -2.38. The molecule has 6 nitrogen and oxygen atoms in total. The third kappa shape index (κ3) is 3.21. The molecule has 1 aromatic heterocycles. The second-order valence-electron chi connectivity index (χ2n) is 5.66. The van der Waals surface area contributed by atoms with E-state index in [0.29, 0.717) is 46.2 Å². The first-order valence-corrected chi connectivity index (χ1v) is 8.38. The summed E-state index contributed by atoms with van der Waals surface area (Å²) in [5, 5.41) is 8.63. The first kappa shape index (κ1) is 17.0. The predicted molar refractivity (Wildman–Crippen MR) is 89.9 cm³/mol. The van der Waals surface area contributed by atoms with Gasteiger partial charge in [-0.2, -0.15) is 0 Å². The van der Waals surface area contributed by atoms with Gasteiger partial charge < -0.3 is 14.1 Å². The topological polar surface area (TPSA) is 68.5 Å². The largest absolute Gasteiger partial charge is 0.494 e. The lowest BCUT2D eigenvalue weighted by Gasteiger charge is -2.31. The van der Waals surface area contributed by atoms with Crippen molar-refractivity contribution in [2.75, 3.05) is 20.2 Å². The van der Waals surface area contributed by atoms with Crippen LogP contribution in [0.15, 0.2) is 16.5 Å². The number of benzene rings is 1. The summed E-state index contributed by atoms with van der Waals surface area (Å²) in [7, 11) is 1.47. The zero-order valence-electron chi connectivity index (χ0n) is 13.4. The van der Waals surface area contributed by atoms with Gasteiger partial charge in [0.15, 0.2) is 5.75 Å². The van der Waals surface area contributed by atoms with Crippen molar-refractivity contribution in [3.8, 4) is 5.75 Å². The molecule has 2 aromatic rings. The van der Waals surface area contributed by atoms with E-state index in [-0.39, 0.29) is 11.8 Å². The van der Waals surface area contributed by atoms with E-state index < -0.39 is 0 Å². The molecule has 2 heterocycles. The molecule has 1 amide bonds. The fraction of sp³-hybridized carbons (Fsp3) is 0.438. The minimum Gasteiger partial charge on any atom is -0.494 e. The highest BCUT2D eigenvalue weighted by Gasteiger charge is 2.30. The average molecular weight is 370 g/mol. The molecule has 1 saturated heterocycles. The number of aryl methyl sites for hydroxylation is 1. The molecule has 1 aliphatic heterocycles. The number of aromatic nitrogens is 2. The van der Waals surface area contributed by atoms with Gasteiger partial charge in [0.1, 0.15) is 5.56 Å². The number of likely N-dealkylation sites (tertiary alicyclic amines) is 1. The lowest BCUT2D eigenvalue weighted by atomic mass is 9.96. The van der Waals surface area contributed by atoms with Crippen molar-refractivity contribution in [3.63, 3.8) is 0 Å². The van der Waals surface area contributed by atoms with Gasteiger partial charge in [0.2, 0.25) is 11.8 Å². The van der Waals surface area contributed by atoms with Gasteiger partial charge in [-0.1, -0.05) is 23.2 Å². The van der Waals surface area contributed by atoms with Crippen molar-refractivity contribution in [2.45, 2.75) is 25.7 Å². The Hall–Kier alpha value is -1.79. The van der Waals surface area contributed by atoms with E-state index in [2.05, 4.69) is 10.2 Å². The Labute approximate surface area is 149 Å². The minimum absolute atomic E-state index is 0.173. The van der Waals surface area contributed by atoms with Crippen LogP contribution in [0.1, 0.15) is 40.9 Å². The molecule has 0 aliphatic carbocycles. The van der Waals surface area contributed by atoms with Crippen LogP contribution in [0.2, 0.25) is 10.0 Å². The van der Waals surface area contributed by atoms with Gasteiger partial charge >= 0.3 is 0 Å². The molecule has 0 N–H and O–H groups in total. The predicted octanol–water partition coefficient (Wildman–Crippen LogP) is 3.71. The number of rotatable bonds is 3. The highest BCUT2D eigenvalue weighted by Crippen LogP contribution is 2.36. The highest BCUT2D eigenvalue weighted by molar-refractivity contribution is 6.37. The molecule has 1 fully saturated rings. The first-order valence-electron chi connectivity index (χ1n) is 7.62. The van der Waals surface area contributed by atoms with E-state index in [1.165, 1.54) is 7.11 Å². The van der Waals surface area contributed by atoms with Crippen molar-refractivity contribution in [1.29, 1.82) is 0 Å². The van der Waals surface area contributed by atoms with Gasteiger partial charge in [-0.25, -0.2) is 0 Å². The second kappa shape index (κ2) is 6.99. The van der Waals surface area contributed by atoms with E-state index in [1.807, 2.05) is 0 Å². The maximum Gasteiger partial charge on any atom is 0.259 e. The van der Waals surface area contributed by atoms with Crippen molar-refractivity contribution in [2.24, 2.45) is 0 Å². The summed E-state index contributed by atoms with van der Waals surface area (Å²) in [6, 6.07) is 3.22. The van der Waals surface area contributed by atoms with Crippen molar-refractivity contribution in [1.82, 2.24) is 15.1 Å². The van der Waals surface area contributed by atoms with E-state index in [0.717, 1.165) is 12.8 Å². The molecule has 0 unspecified atom stereocenters. The molecular formula is C16H17Cl2N3O3. The highest BCUT2D eigenvalue weighted by atomic mass is 35.5. The minimum atomic E-state index is -0.181. The molecular weight excluding hydrogens is 353 g/mol. The Bertz CT molecular complexity index is 755. The van der Waals surface area contributed by atoms with E-state index in [1.54, 1.807) is 24.0 Å². The molecule has 1 aliphatic rings. The Morgan fingerprint density at radius 2 is 1.92 bits per heavy atom. The number of ether oxygens (including phenoxy) is 1. The summed E-state index contributed by atoms with van der Waals surface area (Å²) in [5.41, 5.74) is 0.304. The molecule has 0 saturated carbocycles. The van der Waals surface area contributed by atoms with Gasteiger partial charge in [0, 0.05) is 25.9 Å². The fourth-order valence-corrected chi connectivity index (χ4v) is 3.36. The van der Waals surface area contributed by atoms with Gasteiger partial charge in [-0.3, -0.25) is 4.79 Å².